The average Bonchev–Trinajstić information content (AvgIpc) is 3.07. The molecule has 0 radical (unpaired) electrons. The summed E-state index contributed by atoms with van der Waals surface area (Å²) in [5, 5.41) is 3.60. The van der Waals surface area contributed by atoms with E-state index in [9.17, 15) is 8.42 Å². The Balaban J connectivity index is 1.56. The van der Waals surface area contributed by atoms with Gasteiger partial charge in [-0.2, -0.15) is 0 Å². The van der Waals surface area contributed by atoms with Crippen LogP contribution >= 0.6 is 0 Å². The molecule has 114 valence electrons. The van der Waals surface area contributed by atoms with Gasteiger partial charge in [0.15, 0.2) is 9.84 Å². The van der Waals surface area contributed by atoms with Crippen molar-refractivity contribution in [3.05, 3.63) is 42.0 Å². The van der Waals surface area contributed by atoms with Gasteiger partial charge in [0.1, 0.15) is 0 Å². The smallest absolute Gasteiger partial charge is 0.175 e. The third-order valence-corrected chi connectivity index (χ3v) is 6.08. The van der Waals surface area contributed by atoms with Crippen LogP contribution in [0.4, 0.5) is 0 Å². The second-order valence-corrected chi connectivity index (χ2v) is 8.55. The lowest BCUT2D eigenvalue weighted by molar-refractivity contribution is 0.326. The van der Waals surface area contributed by atoms with Crippen LogP contribution in [0.2, 0.25) is 0 Å². The predicted octanol–water partition coefficient (Wildman–Crippen LogP) is 2.78. The highest BCUT2D eigenvalue weighted by molar-refractivity contribution is 7.90. The van der Waals surface area contributed by atoms with Crippen LogP contribution < -0.4 is 5.32 Å². The minimum absolute atomic E-state index is 0.387. The Hall–Kier alpha value is -1.13. The standard InChI is InChI=1S/C17H23NO2S/c1-12(17-10-14-3-6-15(17)9-14)18-11-13-4-7-16(8-5-13)21(2,19)20/h3-8,12,14-15,17-18H,9-11H2,1-2H3. The first-order chi connectivity index (χ1) is 9.93. The molecule has 4 heteroatoms. The molecule has 1 saturated carbocycles. The maximum atomic E-state index is 11.4. The maximum Gasteiger partial charge on any atom is 0.175 e. The molecule has 2 aliphatic carbocycles. The number of allylic oxidation sites excluding steroid dienone is 2. The summed E-state index contributed by atoms with van der Waals surface area (Å²) in [6.07, 6.45) is 8.64. The van der Waals surface area contributed by atoms with Gasteiger partial charge in [-0.1, -0.05) is 24.3 Å². The molecule has 1 fully saturated rings. The third-order valence-electron chi connectivity index (χ3n) is 4.95. The minimum Gasteiger partial charge on any atom is -0.310 e. The zero-order chi connectivity index (χ0) is 15.0. The molecule has 21 heavy (non-hydrogen) atoms. The van der Waals surface area contributed by atoms with Crippen LogP contribution in [0, 0.1) is 17.8 Å². The van der Waals surface area contributed by atoms with E-state index in [0.717, 1.165) is 29.9 Å². The third kappa shape index (κ3) is 3.22. The van der Waals surface area contributed by atoms with E-state index >= 15 is 0 Å². The molecule has 3 nitrogen and oxygen atoms in total. The highest BCUT2D eigenvalue weighted by atomic mass is 32.2. The van der Waals surface area contributed by atoms with Gasteiger partial charge < -0.3 is 5.32 Å². The Kier molecular flexibility index (Phi) is 3.93. The normalized spacial score (nSPS) is 29.0. The monoisotopic (exact) mass is 305 g/mol. The summed E-state index contributed by atoms with van der Waals surface area (Å²) in [5.41, 5.74) is 1.13. The molecular weight excluding hydrogens is 282 g/mol. The maximum absolute atomic E-state index is 11.4. The topological polar surface area (TPSA) is 46.2 Å². The fraction of sp³-hybridized carbons (Fsp3) is 0.529. The van der Waals surface area contributed by atoms with Crippen LogP contribution in [0.15, 0.2) is 41.3 Å². The molecule has 0 aromatic heterocycles. The minimum atomic E-state index is -3.10. The molecule has 0 heterocycles. The van der Waals surface area contributed by atoms with Crippen LogP contribution in [0.25, 0.3) is 0 Å². The van der Waals surface area contributed by atoms with Crippen LogP contribution in [-0.2, 0) is 16.4 Å². The highest BCUT2D eigenvalue weighted by Gasteiger charge is 2.38. The van der Waals surface area contributed by atoms with Crippen molar-refractivity contribution < 1.29 is 8.42 Å². The molecule has 3 rings (SSSR count). The zero-order valence-corrected chi connectivity index (χ0v) is 13.4. The van der Waals surface area contributed by atoms with E-state index in [2.05, 4.69) is 24.4 Å². The molecule has 4 unspecified atom stereocenters. The predicted molar refractivity (Wildman–Crippen MR) is 84.7 cm³/mol. The Morgan fingerprint density at radius 1 is 1.19 bits per heavy atom. The van der Waals surface area contributed by atoms with E-state index in [4.69, 9.17) is 0 Å². The number of fused-ring (bicyclic) bond motifs is 2. The second-order valence-electron chi connectivity index (χ2n) is 6.53. The molecule has 0 spiro atoms. The van der Waals surface area contributed by atoms with Crippen molar-refractivity contribution in [3.8, 4) is 0 Å². The molecule has 2 aliphatic rings. The number of hydrogen-bond donors (Lipinski definition) is 1. The van der Waals surface area contributed by atoms with Crippen molar-refractivity contribution >= 4 is 9.84 Å². The van der Waals surface area contributed by atoms with E-state index in [1.165, 1.54) is 19.1 Å². The molecule has 0 aliphatic heterocycles. The van der Waals surface area contributed by atoms with Gasteiger partial charge in [0, 0.05) is 18.8 Å². The van der Waals surface area contributed by atoms with E-state index in [1.807, 2.05) is 12.1 Å². The summed E-state index contributed by atoms with van der Waals surface area (Å²) >= 11 is 0. The molecule has 1 aromatic rings. The number of benzene rings is 1. The Morgan fingerprint density at radius 2 is 1.90 bits per heavy atom. The number of nitrogens with one attached hydrogen (secondary N) is 1. The summed E-state index contributed by atoms with van der Waals surface area (Å²) in [4.78, 5) is 0.387. The number of rotatable bonds is 5. The summed E-state index contributed by atoms with van der Waals surface area (Å²) in [5.74, 6) is 2.30. The Morgan fingerprint density at radius 3 is 2.43 bits per heavy atom. The molecule has 1 aromatic carbocycles. The summed E-state index contributed by atoms with van der Waals surface area (Å²) in [7, 11) is -3.10. The Labute approximate surface area is 127 Å². The van der Waals surface area contributed by atoms with Crippen molar-refractivity contribution in [2.75, 3.05) is 6.26 Å². The van der Waals surface area contributed by atoms with Gasteiger partial charge in [-0.3, -0.25) is 0 Å². The first kappa shape index (κ1) is 14.8. The summed E-state index contributed by atoms with van der Waals surface area (Å²) < 4.78 is 22.9. The van der Waals surface area contributed by atoms with E-state index in [0.29, 0.717) is 10.9 Å². The van der Waals surface area contributed by atoms with Crippen LogP contribution in [-0.4, -0.2) is 20.7 Å². The first-order valence-corrected chi connectivity index (χ1v) is 9.53. The van der Waals surface area contributed by atoms with Gasteiger partial charge in [-0.05, 0) is 55.2 Å². The highest BCUT2D eigenvalue weighted by Crippen LogP contribution is 2.44. The lowest BCUT2D eigenvalue weighted by atomic mass is 9.87. The fourth-order valence-corrected chi connectivity index (χ4v) is 4.31. The molecule has 4 atom stereocenters. The van der Waals surface area contributed by atoms with Crippen LogP contribution in [0.5, 0.6) is 0 Å². The average molecular weight is 305 g/mol. The molecule has 1 N–H and O–H groups in total. The number of sulfone groups is 1. The SMILES string of the molecule is CC(NCc1ccc(S(C)(=O)=O)cc1)C1CC2C=CC1C2. The van der Waals surface area contributed by atoms with E-state index in [1.54, 1.807) is 12.1 Å². The van der Waals surface area contributed by atoms with Crippen molar-refractivity contribution in [3.63, 3.8) is 0 Å². The van der Waals surface area contributed by atoms with Crippen molar-refractivity contribution in [2.45, 2.75) is 37.2 Å². The van der Waals surface area contributed by atoms with Gasteiger partial charge in [0.2, 0.25) is 0 Å². The lowest BCUT2D eigenvalue weighted by Gasteiger charge is -2.26. The number of hydrogen-bond acceptors (Lipinski definition) is 3. The largest absolute Gasteiger partial charge is 0.310 e. The van der Waals surface area contributed by atoms with Gasteiger partial charge in [-0.25, -0.2) is 8.42 Å². The van der Waals surface area contributed by atoms with Gasteiger partial charge in [0.05, 0.1) is 4.90 Å². The fourth-order valence-electron chi connectivity index (χ4n) is 3.68. The van der Waals surface area contributed by atoms with Crippen molar-refractivity contribution in [2.24, 2.45) is 17.8 Å². The molecular formula is C17H23NO2S. The molecule has 2 bridgehead atoms. The van der Waals surface area contributed by atoms with Gasteiger partial charge in [-0.15, -0.1) is 0 Å². The van der Waals surface area contributed by atoms with Crippen LogP contribution in [0.1, 0.15) is 25.3 Å². The van der Waals surface area contributed by atoms with Crippen molar-refractivity contribution in [1.82, 2.24) is 5.32 Å². The quantitative estimate of drug-likeness (QED) is 0.851. The second kappa shape index (κ2) is 5.58. The summed E-state index contributed by atoms with van der Waals surface area (Å²) in [6.45, 7) is 3.06. The Bertz CT molecular complexity index is 633. The van der Waals surface area contributed by atoms with E-state index in [-0.39, 0.29) is 0 Å². The molecule has 0 amide bonds. The lowest BCUT2D eigenvalue weighted by Crippen LogP contribution is -2.35. The van der Waals surface area contributed by atoms with Gasteiger partial charge >= 0.3 is 0 Å². The summed E-state index contributed by atoms with van der Waals surface area (Å²) in [6, 6.07) is 7.68. The van der Waals surface area contributed by atoms with Gasteiger partial charge in [0.25, 0.3) is 0 Å². The van der Waals surface area contributed by atoms with E-state index < -0.39 is 9.84 Å². The molecule has 0 saturated heterocycles. The zero-order valence-electron chi connectivity index (χ0n) is 12.6. The first-order valence-electron chi connectivity index (χ1n) is 7.64. The van der Waals surface area contributed by atoms with Crippen LogP contribution in [0.3, 0.4) is 0 Å². The van der Waals surface area contributed by atoms with Crippen molar-refractivity contribution in [1.29, 1.82) is 0 Å².